The van der Waals surface area contributed by atoms with Crippen molar-refractivity contribution in [3.05, 3.63) is 75.4 Å². The van der Waals surface area contributed by atoms with Crippen LogP contribution in [0.1, 0.15) is 50.9 Å². The first-order valence-corrected chi connectivity index (χ1v) is 13.9. The van der Waals surface area contributed by atoms with Crippen molar-refractivity contribution in [1.82, 2.24) is 14.7 Å². The third-order valence-electron chi connectivity index (χ3n) is 6.62. The number of hydrogen-bond acceptors (Lipinski definition) is 9. The first kappa shape index (κ1) is 24.9. The zero-order chi connectivity index (χ0) is 25.3. The van der Waals surface area contributed by atoms with Gasteiger partial charge >= 0.3 is 10.3 Å². The van der Waals surface area contributed by atoms with Crippen LogP contribution in [0.5, 0.6) is 0 Å². The Morgan fingerprint density at radius 2 is 2.08 bits per heavy atom. The molecule has 1 fully saturated rings. The molecule has 2 aromatic heterocycles. The number of carbonyl (C=O) groups excluding carboxylic acids is 1. The molecule has 1 saturated carbocycles. The number of aliphatic hydroxyl groups is 1. The maximum absolute atomic E-state index is 13.4. The average molecular weight is 531 g/mol. The van der Waals surface area contributed by atoms with Crippen molar-refractivity contribution < 1.29 is 27.6 Å². The summed E-state index contributed by atoms with van der Waals surface area (Å²) in [5, 5.41) is 15.5. The van der Waals surface area contributed by atoms with E-state index in [0.717, 1.165) is 17.5 Å². The Labute approximate surface area is 212 Å². The molecule has 3 aromatic rings. The highest BCUT2D eigenvalue weighted by molar-refractivity contribution is 7.83. The topological polar surface area (TPSA) is 151 Å². The van der Waals surface area contributed by atoms with Crippen LogP contribution in [0.25, 0.3) is 0 Å². The van der Waals surface area contributed by atoms with E-state index in [-0.39, 0.29) is 30.4 Å². The van der Waals surface area contributed by atoms with Crippen LogP contribution < -0.4 is 10.0 Å². The summed E-state index contributed by atoms with van der Waals surface area (Å²) < 4.78 is 38.9. The van der Waals surface area contributed by atoms with Crippen molar-refractivity contribution in [3.8, 4) is 0 Å². The largest absolute Gasteiger partial charge is 0.393 e. The molecule has 1 aromatic carbocycles. The normalized spacial score (nSPS) is 23.8. The van der Waals surface area contributed by atoms with E-state index in [1.807, 2.05) is 28.3 Å². The smallest absolute Gasteiger partial charge is 0.333 e. The molecule has 1 aliphatic heterocycles. The van der Waals surface area contributed by atoms with Gasteiger partial charge in [0, 0.05) is 24.7 Å². The number of rotatable bonds is 8. The molecule has 190 valence electrons. The highest BCUT2D eigenvalue weighted by Crippen LogP contribution is 2.36. The van der Waals surface area contributed by atoms with Gasteiger partial charge in [-0.25, -0.2) is 9.97 Å². The van der Waals surface area contributed by atoms with Gasteiger partial charge in [0.1, 0.15) is 18.2 Å². The summed E-state index contributed by atoms with van der Waals surface area (Å²) in [5.41, 5.74) is 3.60. The summed E-state index contributed by atoms with van der Waals surface area (Å²) in [7, 11) is -4.34. The third-order valence-corrected chi connectivity index (χ3v) is 8.10. The highest BCUT2D eigenvalue weighted by atomic mass is 32.2. The van der Waals surface area contributed by atoms with Gasteiger partial charge in [0.2, 0.25) is 5.78 Å². The lowest BCUT2D eigenvalue weighted by atomic mass is 9.94. The van der Waals surface area contributed by atoms with Gasteiger partial charge in [-0.3, -0.25) is 9.35 Å². The summed E-state index contributed by atoms with van der Waals surface area (Å²) in [4.78, 5) is 22.2. The number of hydrogen-bond donors (Lipinski definition) is 4. The standard InChI is InChI=1S/C24H26N4O6S2/c29-20-9-17(7-15(20)10-27-36(31,32)33)28-24-19(11-25-13-26-24)22(30)21-8-16(12-35-21)23-18-4-2-1-3-14(18)5-6-34-23/h1-4,8,11-13,15,17,20,23,27,29H,5-7,9-10H2,(H,25,26,28)(H,31,32,33)/t15-,17-,20+,23-/m1/s1. The SMILES string of the molecule is O=C(c1cc([C@H]2OCCc3ccccc32)cs1)c1cncnc1N[C@@H]1C[C@H](CNS(=O)(=O)O)[C@@H](O)C1. The number of benzene rings is 1. The number of nitrogens with one attached hydrogen (secondary N) is 2. The lowest BCUT2D eigenvalue weighted by molar-refractivity contribution is 0.0701. The Morgan fingerprint density at radius 1 is 1.25 bits per heavy atom. The first-order valence-electron chi connectivity index (χ1n) is 11.6. The van der Waals surface area contributed by atoms with E-state index in [4.69, 9.17) is 9.29 Å². The second-order valence-corrected chi connectivity index (χ2v) is 11.2. The van der Waals surface area contributed by atoms with Crippen LogP contribution in [-0.2, 0) is 21.5 Å². The van der Waals surface area contributed by atoms with Gasteiger partial charge in [0.05, 0.1) is 23.2 Å². The van der Waals surface area contributed by atoms with Gasteiger partial charge in [0.15, 0.2) is 0 Å². The molecule has 0 amide bonds. The fourth-order valence-electron chi connectivity index (χ4n) is 4.87. The Bertz CT molecular complexity index is 1360. The molecule has 2 aliphatic rings. The Kier molecular flexibility index (Phi) is 7.15. The van der Waals surface area contributed by atoms with E-state index in [0.29, 0.717) is 35.7 Å². The zero-order valence-corrected chi connectivity index (χ0v) is 20.8. The fourth-order valence-corrected chi connectivity index (χ4v) is 6.17. The molecule has 0 saturated heterocycles. The monoisotopic (exact) mass is 530 g/mol. The van der Waals surface area contributed by atoms with Crippen molar-refractivity contribution in [1.29, 1.82) is 0 Å². The molecule has 0 bridgehead atoms. The maximum Gasteiger partial charge on any atom is 0.333 e. The van der Waals surface area contributed by atoms with Gasteiger partial charge in [-0.2, -0.15) is 13.1 Å². The van der Waals surface area contributed by atoms with Crippen molar-refractivity contribution in [3.63, 3.8) is 0 Å². The van der Waals surface area contributed by atoms with Crippen molar-refractivity contribution in [2.75, 3.05) is 18.5 Å². The molecular formula is C24H26N4O6S2. The van der Waals surface area contributed by atoms with E-state index in [1.165, 1.54) is 29.4 Å². The molecule has 0 spiro atoms. The predicted octanol–water partition coefficient (Wildman–Crippen LogP) is 2.38. The molecule has 4 atom stereocenters. The number of ketones is 1. The fraction of sp³-hybridized carbons (Fsp3) is 0.375. The minimum Gasteiger partial charge on any atom is -0.393 e. The molecule has 4 N–H and O–H groups in total. The summed E-state index contributed by atoms with van der Waals surface area (Å²) in [6, 6.07) is 9.78. The average Bonchev–Trinajstić information content (AvgIpc) is 3.48. The number of aliphatic hydroxyl groups excluding tert-OH is 1. The van der Waals surface area contributed by atoms with Crippen molar-refractivity contribution in [2.24, 2.45) is 5.92 Å². The third kappa shape index (κ3) is 5.48. The maximum atomic E-state index is 13.4. The van der Waals surface area contributed by atoms with E-state index in [2.05, 4.69) is 27.4 Å². The summed E-state index contributed by atoms with van der Waals surface area (Å²) in [6.45, 7) is 0.535. The van der Waals surface area contributed by atoms with E-state index >= 15 is 0 Å². The minimum atomic E-state index is -4.34. The van der Waals surface area contributed by atoms with Gasteiger partial charge in [-0.1, -0.05) is 24.3 Å². The van der Waals surface area contributed by atoms with Crippen LogP contribution >= 0.6 is 11.3 Å². The summed E-state index contributed by atoms with van der Waals surface area (Å²) >= 11 is 1.34. The number of aromatic nitrogens is 2. The summed E-state index contributed by atoms with van der Waals surface area (Å²) in [5.74, 6) is -0.255. The number of ether oxygens (including phenoxy) is 1. The number of fused-ring (bicyclic) bond motifs is 1. The van der Waals surface area contributed by atoms with Crippen molar-refractivity contribution >= 4 is 33.2 Å². The Balaban J connectivity index is 1.31. The van der Waals surface area contributed by atoms with Gasteiger partial charge in [-0.15, -0.1) is 11.3 Å². The number of thiophene rings is 1. The number of anilines is 1. The van der Waals surface area contributed by atoms with E-state index < -0.39 is 16.4 Å². The minimum absolute atomic E-state index is 0.0852. The molecular weight excluding hydrogens is 504 g/mol. The van der Waals surface area contributed by atoms with Crippen LogP contribution in [0.15, 0.2) is 48.2 Å². The zero-order valence-electron chi connectivity index (χ0n) is 19.2. The van der Waals surface area contributed by atoms with Crippen LogP contribution in [0.3, 0.4) is 0 Å². The van der Waals surface area contributed by atoms with Gasteiger partial charge in [-0.05, 0) is 47.4 Å². The number of carbonyl (C=O) groups is 1. The molecule has 36 heavy (non-hydrogen) atoms. The molecule has 12 heteroatoms. The highest BCUT2D eigenvalue weighted by Gasteiger charge is 2.34. The van der Waals surface area contributed by atoms with Gasteiger partial charge < -0.3 is 15.2 Å². The lowest BCUT2D eigenvalue weighted by Gasteiger charge is -2.25. The molecule has 5 rings (SSSR count). The van der Waals surface area contributed by atoms with Crippen molar-refractivity contribution in [2.45, 2.75) is 37.5 Å². The van der Waals surface area contributed by atoms with Gasteiger partial charge in [0.25, 0.3) is 0 Å². The molecule has 1 aliphatic carbocycles. The van der Waals surface area contributed by atoms with E-state index in [1.54, 1.807) is 0 Å². The lowest BCUT2D eigenvalue weighted by Crippen LogP contribution is -2.32. The summed E-state index contributed by atoms with van der Waals surface area (Å²) in [6.07, 6.45) is 3.46. The second-order valence-electron chi connectivity index (χ2n) is 9.02. The Morgan fingerprint density at radius 3 is 2.92 bits per heavy atom. The van der Waals surface area contributed by atoms with Crippen LogP contribution in [-0.4, -0.2) is 59.1 Å². The predicted molar refractivity (Wildman–Crippen MR) is 133 cm³/mol. The van der Waals surface area contributed by atoms with Crippen LogP contribution in [0.2, 0.25) is 0 Å². The second kappa shape index (κ2) is 10.3. The Hall–Kier alpha value is -2.74. The van der Waals surface area contributed by atoms with E-state index in [9.17, 15) is 18.3 Å². The molecule has 3 heterocycles. The molecule has 0 unspecified atom stereocenters. The quantitative estimate of drug-likeness (QED) is 0.254. The molecule has 0 radical (unpaired) electrons. The van der Waals surface area contributed by atoms with Crippen LogP contribution in [0.4, 0.5) is 5.82 Å². The first-order chi connectivity index (χ1) is 17.3. The molecule has 10 nitrogen and oxygen atoms in total. The van der Waals surface area contributed by atoms with Crippen LogP contribution in [0, 0.1) is 5.92 Å². The number of nitrogens with zero attached hydrogens (tertiary/aromatic N) is 2.